The minimum atomic E-state index is -0.212. The molecule has 0 saturated carbocycles. The molecule has 0 radical (unpaired) electrons. The first-order valence-corrected chi connectivity index (χ1v) is 8.01. The van der Waals surface area contributed by atoms with E-state index in [0.717, 1.165) is 16.3 Å². The average Bonchev–Trinajstić information content (AvgIpc) is 2.63. The second kappa shape index (κ2) is 7.57. The summed E-state index contributed by atoms with van der Waals surface area (Å²) in [5, 5.41) is 23.7. The van der Waals surface area contributed by atoms with Gasteiger partial charge in [-0.3, -0.25) is 4.79 Å². The molecule has 0 atom stereocenters. The van der Waals surface area contributed by atoms with Crippen LogP contribution < -0.4 is 10.1 Å². The fourth-order valence-corrected chi connectivity index (χ4v) is 2.53. The molecular weight excluding hydrogens is 318 g/mol. The van der Waals surface area contributed by atoms with Gasteiger partial charge in [0.05, 0.1) is 0 Å². The molecule has 0 aliphatic carbocycles. The summed E-state index contributed by atoms with van der Waals surface area (Å²) in [4.78, 5) is 11.9. The zero-order valence-corrected chi connectivity index (χ0v) is 13.6. The van der Waals surface area contributed by atoms with Crippen LogP contribution in [0.2, 0.25) is 0 Å². The van der Waals surface area contributed by atoms with E-state index < -0.39 is 0 Å². The van der Waals surface area contributed by atoms with Gasteiger partial charge < -0.3 is 20.3 Å². The highest BCUT2D eigenvalue weighted by Crippen LogP contribution is 2.24. The second-order valence-corrected chi connectivity index (χ2v) is 5.72. The molecule has 1 amide bonds. The number of carbonyl (C=O) groups is 1. The summed E-state index contributed by atoms with van der Waals surface area (Å²) >= 11 is 0. The van der Waals surface area contributed by atoms with Gasteiger partial charge in [0.1, 0.15) is 5.75 Å². The topological polar surface area (TPSA) is 78.8 Å². The van der Waals surface area contributed by atoms with E-state index in [-0.39, 0.29) is 24.0 Å². The Hall–Kier alpha value is -3.21. The number of fused-ring (bicyclic) bond motifs is 1. The van der Waals surface area contributed by atoms with Crippen LogP contribution in [0, 0.1) is 0 Å². The van der Waals surface area contributed by atoms with Crippen LogP contribution in [0.15, 0.2) is 60.7 Å². The molecule has 0 aliphatic rings. The third kappa shape index (κ3) is 4.41. The first-order chi connectivity index (χ1) is 12.1. The molecule has 0 heterocycles. The molecule has 0 aliphatic heterocycles. The average molecular weight is 337 g/mol. The van der Waals surface area contributed by atoms with E-state index in [0.29, 0.717) is 18.7 Å². The fraction of sp³-hybridized carbons (Fsp3) is 0.150. The number of ether oxygens (including phenoxy) is 1. The van der Waals surface area contributed by atoms with Crippen LogP contribution in [0.4, 0.5) is 0 Å². The Morgan fingerprint density at radius 1 is 0.920 bits per heavy atom. The van der Waals surface area contributed by atoms with Crippen LogP contribution >= 0.6 is 0 Å². The van der Waals surface area contributed by atoms with Crippen LogP contribution in [0.5, 0.6) is 17.2 Å². The lowest BCUT2D eigenvalue weighted by atomic mass is 10.1. The first-order valence-electron chi connectivity index (χ1n) is 8.01. The van der Waals surface area contributed by atoms with Gasteiger partial charge in [-0.15, -0.1) is 0 Å². The van der Waals surface area contributed by atoms with Gasteiger partial charge in [-0.1, -0.05) is 36.4 Å². The number of hydrogen-bond acceptors (Lipinski definition) is 4. The van der Waals surface area contributed by atoms with Crippen LogP contribution in [0.25, 0.3) is 10.8 Å². The van der Waals surface area contributed by atoms with Crippen molar-refractivity contribution in [2.75, 3.05) is 13.2 Å². The van der Waals surface area contributed by atoms with Crippen molar-refractivity contribution in [1.82, 2.24) is 5.32 Å². The van der Waals surface area contributed by atoms with E-state index in [2.05, 4.69) is 5.32 Å². The van der Waals surface area contributed by atoms with Crippen molar-refractivity contribution < 1.29 is 19.7 Å². The van der Waals surface area contributed by atoms with Crippen molar-refractivity contribution in [2.45, 2.75) is 6.42 Å². The minimum Gasteiger partial charge on any atom is -0.504 e. The highest BCUT2D eigenvalue weighted by Gasteiger charge is 2.05. The molecule has 0 aromatic heterocycles. The summed E-state index contributed by atoms with van der Waals surface area (Å²) in [6.45, 7) is 0.364. The maximum Gasteiger partial charge on any atom is 0.257 e. The van der Waals surface area contributed by atoms with Crippen LogP contribution in [-0.4, -0.2) is 29.3 Å². The van der Waals surface area contributed by atoms with Crippen LogP contribution in [0.3, 0.4) is 0 Å². The molecule has 0 unspecified atom stereocenters. The molecule has 128 valence electrons. The quantitative estimate of drug-likeness (QED) is 0.604. The number of hydrogen-bond donors (Lipinski definition) is 3. The zero-order valence-electron chi connectivity index (χ0n) is 13.6. The van der Waals surface area contributed by atoms with Crippen molar-refractivity contribution in [3.63, 3.8) is 0 Å². The van der Waals surface area contributed by atoms with Gasteiger partial charge in [0.2, 0.25) is 0 Å². The molecule has 3 N–H and O–H groups in total. The van der Waals surface area contributed by atoms with Crippen molar-refractivity contribution in [3.05, 3.63) is 66.2 Å². The summed E-state index contributed by atoms with van der Waals surface area (Å²) in [5.41, 5.74) is 0.825. The Labute approximate surface area is 145 Å². The SMILES string of the molecule is O=C(COc1ccc2ccccc2c1)NCCc1ccc(O)c(O)c1. The van der Waals surface area contributed by atoms with Crippen molar-refractivity contribution in [3.8, 4) is 17.2 Å². The first kappa shape index (κ1) is 16.6. The number of phenols is 2. The number of amides is 1. The Bertz CT molecular complexity index is 892. The third-order valence-electron chi connectivity index (χ3n) is 3.87. The Kier molecular flexibility index (Phi) is 5.04. The lowest BCUT2D eigenvalue weighted by molar-refractivity contribution is -0.123. The van der Waals surface area contributed by atoms with Gasteiger partial charge in [0.15, 0.2) is 18.1 Å². The Balaban J connectivity index is 1.46. The molecular formula is C20H19NO4. The molecule has 0 spiro atoms. The number of nitrogens with one attached hydrogen (secondary N) is 1. The summed E-state index contributed by atoms with van der Waals surface area (Å²) in [6, 6.07) is 18.3. The number of phenolic OH excluding ortho intramolecular Hbond substituents is 2. The van der Waals surface area contributed by atoms with Gasteiger partial charge in [-0.2, -0.15) is 0 Å². The highest BCUT2D eigenvalue weighted by atomic mass is 16.5. The summed E-state index contributed by atoms with van der Waals surface area (Å²) in [7, 11) is 0. The zero-order chi connectivity index (χ0) is 17.6. The molecule has 5 nitrogen and oxygen atoms in total. The maximum atomic E-state index is 11.9. The Morgan fingerprint density at radius 2 is 1.72 bits per heavy atom. The van der Waals surface area contributed by atoms with Gasteiger partial charge in [-0.05, 0) is 47.0 Å². The molecule has 0 saturated heterocycles. The number of rotatable bonds is 6. The normalized spacial score (nSPS) is 10.6. The van der Waals surface area contributed by atoms with E-state index >= 15 is 0 Å². The highest BCUT2D eigenvalue weighted by molar-refractivity contribution is 5.84. The predicted octanol–water partition coefficient (Wildman–Crippen LogP) is 2.99. The van der Waals surface area contributed by atoms with Crippen LogP contribution in [0.1, 0.15) is 5.56 Å². The molecule has 3 aromatic carbocycles. The van der Waals surface area contributed by atoms with Gasteiger partial charge in [0, 0.05) is 6.54 Å². The number of benzene rings is 3. The van der Waals surface area contributed by atoms with E-state index in [9.17, 15) is 15.0 Å². The molecule has 3 rings (SSSR count). The minimum absolute atomic E-state index is 0.0564. The van der Waals surface area contributed by atoms with Crippen LogP contribution in [-0.2, 0) is 11.2 Å². The summed E-state index contributed by atoms with van der Waals surface area (Å²) in [5.74, 6) is 0.119. The van der Waals surface area contributed by atoms with Gasteiger partial charge in [-0.25, -0.2) is 0 Å². The summed E-state index contributed by atoms with van der Waals surface area (Å²) < 4.78 is 5.53. The Morgan fingerprint density at radius 3 is 2.52 bits per heavy atom. The van der Waals surface area contributed by atoms with Crippen molar-refractivity contribution in [1.29, 1.82) is 0 Å². The van der Waals surface area contributed by atoms with Crippen molar-refractivity contribution in [2.24, 2.45) is 0 Å². The summed E-state index contributed by atoms with van der Waals surface area (Å²) in [6.07, 6.45) is 0.551. The van der Waals surface area contributed by atoms with E-state index in [1.54, 1.807) is 6.07 Å². The molecule has 3 aromatic rings. The predicted molar refractivity (Wildman–Crippen MR) is 95.9 cm³/mol. The molecule has 0 fully saturated rings. The third-order valence-corrected chi connectivity index (χ3v) is 3.87. The van der Waals surface area contributed by atoms with Gasteiger partial charge >= 0.3 is 0 Å². The van der Waals surface area contributed by atoms with Crippen molar-refractivity contribution >= 4 is 16.7 Å². The standard InChI is InChI=1S/C20H19NO4/c22-18-8-5-14(11-19(18)23)9-10-21-20(24)13-25-17-7-6-15-3-1-2-4-16(15)12-17/h1-8,11-12,22-23H,9-10,13H2,(H,21,24). The largest absolute Gasteiger partial charge is 0.504 e. The van der Waals surface area contributed by atoms with E-state index in [4.69, 9.17) is 4.74 Å². The number of carbonyl (C=O) groups excluding carboxylic acids is 1. The molecule has 25 heavy (non-hydrogen) atoms. The number of aromatic hydroxyl groups is 2. The second-order valence-electron chi connectivity index (χ2n) is 5.72. The maximum absolute atomic E-state index is 11.9. The van der Waals surface area contributed by atoms with E-state index in [1.807, 2.05) is 42.5 Å². The molecule has 5 heteroatoms. The molecule has 0 bridgehead atoms. The smallest absolute Gasteiger partial charge is 0.257 e. The monoisotopic (exact) mass is 337 g/mol. The van der Waals surface area contributed by atoms with E-state index in [1.165, 1.54) is 12.1 Å². The fourth-order valence-electron chi connectivity index (χ4n) is 2.53. The lowest BCUT2D eigenvalue weighted by Gasteiger charge is -2.09. The lowest BCUT2D eigenvalue weighted by Crippen LogP contribution is -2.30. The van der Waals surface area contributed by atoms with Gasteiger partial charge in [0.25, 0.3) is 5.91 Å².